The Kier molecular flexibility index (Phi) is 6.21. The van der Waals surface area contributed by atoms with E-state index >= 15 is 0 Å². The van der Waals surface area contributed by atoms with Crippen LogP contribution in [0.3, 0.4) is 0 Å². The average Bonchev–Trinajstić information content (AvgIpc) is 2.69. The maximum atomic E-state index is 12.6. The number of aromatic nitrogens is 2. The molecule has 1 fully saturated rings. The second-order valence-corrected chi connectivity index (χ2v) is 7.08. The lowest BCUT2D eigenvalue weighted by Crippen LogP contribution is -2.34. The fourth-order valence-corrected chi connectivity index (χ4v) is 3.14. The van der Waals surface area contributed by atoms with E-state index in [1.54, 1.807) is 0 Å². The molecule has 0 spiro atoms. The molecule has 1 aromatic carbocycles. The molecule has 0 unspecified atom stereocenters. The van der Waals surface area contributed by atoms with Gasteiger partial charge >= 0.3 is 0 Å². The number of anilines is 1. The Morgan fingerprint density at radius 1 is 1.19 bits per heavy atom. The second kappa shape index (κ2) is 8.79. The number of hydrogen-bond donors (Lipinski definition) is 1. The summed E-state index contributed by atoms with van der Waals surface area (Å²) in [5.74, 6) is 2.09. The molecule has 2 heterocycles. The SMILES string of the molecule is CCCCNC(=O)c1cc(N2CCC(C)CC2)nc(-c2ccccc2)n1. The van der Waals surface area contributed by atoms with Crippen molar-refractivity contribution in [1.29, 1.82) is 0 Å². The highest BCUT2D eigenvalue weighted by Gasteiger charge is 2.20. The van der Waals surface area contributed by atoms with Crippen LogP contribution < -0.4 is 10.2 Å². The van der Waals surface area contributed by atoms with Crippen molar-refractivity contribution in [3.8, 4) is 11.4 Å². The largest absolute Gasteiger partial charge is 0.356 e. The molecule has 0 aliphatic carbocycles. The normalized spacial score (nSPS) is 15.1. The molecule has 2 aromatic rings. The van der Waals surface area contributed by atoms with Gasteiger partial charge in [-0.3, -0.25) is 4.79 Å². The summed E-state index contributed by atoms with van der Waals surface area (Å²) in [6.07, 6.45) is 4.33. The molecule has 1 aliphatic heterocycles. The summed E-state index contributed by atoms with van der Waals surface area (Å²) in [5.41, 5.74) is 1.38. The molecule has 0 atom stereocenters. The van der Waals surface area contributed by atoms with Crippen molar-refractivity contribution in [2.75, 3.05) is 24.5 Å². The van der Waals surface area contributed by atoms with Gasteiger partial charge in [0.1, 0.15) is 11.5 Å². The van der Waals surface area contributed by atoms with Crippen LogP contribution in [0.25, 0.3) is 11.4 Å². The van der Waals surface area contributed by atoms with E-state index in [1.807, 2.05) is 36.4 Å². The van der Waals surface area contributed by atoms with E-state index in [1.165, 1.54) is 0 Å². The van der Waals surface area contributed by atoms with Crippen LogP contribution >= 0.6 is 0 Å². The molecule has 138 valence electrons. The molecule has 1 aromatic heterocycles. The van der Waals surface area contributed by atoms with Crippen molar-refractivity contribution in [3.05, 3.63) is 42.1 Å². The van der Waals surface area contributed by atoms with E-state index in [2.05, 4.69) is 29.0 Å². The van der Waals surface area contributed by atoms with E-state index < -0.39 is 0 Å². The molecule has 1 amide bonds. The van der Waals surface area contributed by atoms with Gasteiger partial charge in [0.15, 0.2) is 5.82 Å². The molecule has 1 N–H and O–H groups in total. The molecule has 0 saturated carbocycles. The Morgan fingerprint density at radius 2 is 1.92 bits per heavy atom. The zero-order chi connectivity index (χ0) is 18.4. The van der Waals surface area contributed by atoms with Gasteiger partial charge in [0, 0.05) is 31.3 Å². The average molecular weight is 352 g/mol. The van der Waals surface area contributed by atoms with Crippen LogP contribution in [0.2, 0.25) is 0 Å². The van der Waals surface area contributed by atoms with E-state index in [0.29, 0.717) is 18.1 Å². The van der Waals surface area contributed by atoms with Gasteiger partial charge in [-0.05, 0) is 25.2 Å². The predicted octanol–water partition coefficient (Wildman–Crippen LogP) is 3.91. The molecule has 0 radical (unpaired) electrons. The summed E-state index contributed by atoms with van der Waals surface area (Å²) < 4.78 is 0. The Labute approximate surface area is 155 Å². The predicted molar refractivity (Wildman–Crippen MR) is 105 cm³/mol. The summed E-state index contributed by atoms with van der Waals surface area (Å²) in [4.78, 5) is 24.2. The quantitative estimate of drug-likeness (QED) is 0.801. The highest BCUT2D eigenvalue weighted by atomic mass is 16.1. The number of benzene rings is 1. The Morgan fingerprint density at radius 3 is 2.62 bits per heavy atom. The molecule has 0 bridgehead atoms. The van der Waals surface area contributed by atoms with Crippen LogP contribution in [-0.4, -0.2) is 35.5 Å². The van der Waals surface area contributed by atoms with Crippen LogP contribution in [0.1, 0.15) is 50.0 Å². The smallest absolute Gasteiger partial charge is 0.270 e. The first kappa shape index (κ1) is 18.4. The highest BCUT2D eigenvalue weighted by molar-refractivity contribution is 5.93. The molecule has 1 saturated heterocycles. The number of carbonyl (C=O) groups excluding carboxylic acids is 1. The van der Waals surface area contributed by atoms with Gasteiger partial charge in [-0.1, -0.05) is 50.6 Å². The first-order chi connectivity index (χ1) is 12.7. The minimum atomic E-state index is -0.121. The minimum absolute atomic E-state index is 0.121. The van der Waals surface area contributed by atoms with Crippen molar-refractivity contribution >= 4 is 11.7 Å². The molecule has 5 heteroatoms. The molecular weight excluding hydrogens is 324 g/mol. The first-order valence-electron chi connectivity index (χ1n) is 9.65. The Hall–Kier alpha value is -2.43. The van der Waals surface area contributed by atoms with Crippen LogP contribution in [0, 0.1) is 5.92 Å². The fraction of sp³-hybridized carbons (Fsp3) is 0.476. The van der Waals surface area contributed by atoms with Crippen molar-refractivity contribution < 1.29 is 4.79 Å². The third-order valence-electron chi connectivity index (χ3n) is 4.90. The maximum Gasteiger partial charge on any atom is 0.270 e. The van der Waals surface area contributed by atoms with E-state index in [0.717, 1.165) is 56.1 Å². The molecule has 5 nitrogen and oxygen atoms in total. The van der Waals surface area contributed by atoms with Crippen LogP contribution in [0.5, 0.6) is 0 Å². The van der Waals surface area contributed by atoms with Crippen LogP contribution in [0.15, 0.2) is 36.4 Å². The maximum absolute atomic E-state index is 12.6. The topological polar surface area (TPSA) is 58.1 Å². The van der Waals surface area contributed by atoms with E-state index in [9.17, 15) is 4.79 Å². The molecule has 3 rings (SSSR count). The third kappa shape index (κ3) is 4.59. The zero-order valence-corrected chi connectivity index (χ0v) is 15.7. The number of rotatable bonds is 6. The number of carbonyl (C=O) groups is 1. The lowest BCUT2D eigenvalue weighted by atomic mass is 9.99. The van der Waals surface area contributed by atoms with Gasteiger partial charge in [0.2, 0.25) is 0 Å². The third-order valence-corrected chi connectivity index (χ3v) is 4.90. The Bertz CT molecular complexity index is 724. The minimum Gasteiger partial charge on any atom is -0.356 e. The van der Waals surface area contributed by atoms with Crippen molar-refractivity contribution in [2.45, 2.75) is 39.5 Å². The molecule has 1 aliphatic rings. The van der Waals surface area contributed by atoms with E-state index in [4.69, 9.17) is 4.98 Å². The van der Waals surface area contributed by atoms with Crippen molar-refractivity contribution in [3.63, 3.8) is 0 Å². The number of unbranched alkanes of at least 4 members (excludes halogenated alkanes) is 1. The van der Waals surface area contributed by atoms with Gasteiger partial charge in [0.05, 0.1) is 0 Å². The fourth-order valence-electron chi connectivity index (χ4n) is 3.14. The first-order valence-corrected chi connectivity index (χ1v) is 9.65. The lowest BCUT2D eigenvalue weighted by Gasteiger charge is -2.31. The van der Waals surface area contributed by atoms with Crippen LogP contribution in [0.4, 0.5) is 5.82 Å². The number of hydrogen-bond acceptors (Lipinski definition) is 4. The number of piperidine rings is 1. The summed E-state index contributed by atoms with van der Waals surface area (Å²) in [7, 11) is 0. The highest BCUT2D eigenvalue weighted by Crippen LogP contribution is 2.24. The zero-order valence-electron chi connectivity index (χ0n) is 15.7. The van der Waals surface area contributed by atoms with Gasteiger partial charge in [-0.15, -0.1) is 0 Å². The summed E-state index contributed by atoms with van der Waals surface area (Å²) in [6, 6.07) is 11.7. The number of nitrogens with zero attached hydrogens (tertiary/aromatic N) is 3. The lowest BCUT2D eigenvalue weighted by molar-refractivity contribution is 0.0948. The monoisotopic (exact) mass is 352 g/mol. The summed E-state index contributed by atoms with van der Waals surface area (Å²) in [6.45, 7) is 7.03. The molecule has 26 heavy (non-hydrogen) atoms. The van der Waals surface area contributed by atoms with E-state index in [-0.39, 0.29) is 5.91 Å². The summed E-state index contributed by atoms with van der Waals surface area (Å²) >= 11 is 0. The van der Waals surface area contributed by atoms with Crippen LogP contribution in [-0.2, 0) is 0 Å². The Balaban J connectivity index is 1.90. The summed E-state index contributed by atoms with van der Waals surface area (Å²) in [5, 5.41) is 2.97. The van der Waals surface area contributed by atoms with Gasteiger partial charge in [-0.2, -0.15) is 0 Å². The van der Waals surface area contributed by atoms with Gasteiger partial charge < -0.3 is 10.2 Å². The molecular formula is C21H28N4O. The van der Waals surface area contributed by atoms with Crippen molar-refractivity contribution in [2.24, 2.45) is 5.92 Å². The number of amides is 1. The van der Waals surface area contributed by atoms with Gasteiger partial charge in [-0.25, -0.2) is 9.97 Å². The van der Waals surface area contributed by atoms with Crippen molar-refractivity contribution in [1.82, 2.24) is 15.3 Å². The standard InChI is InChI=1S/C21H28N4O/c1-3-4-12-22-21(26)18-15-19(25-13-10-16(2)11-14-25)24-20(23-18)17-8-6-5-7-9-17/h5-9,15-16H,3-4,10-14H2,1-2H3,(H,22,26). The second-order valence-electron chi connectivity index (χ2n) is 7.08. The van der Waals surface area contributed by atoms with Gasteiger partial charge in [0.25, 0.3) is 5.91 Å². The number of nitrogens with one attached hydrogen (secondary N) is 1.